The van der Waals surface area contributed by atoms with Crippen molar-refractivity contribution in [2.45, 2.75) is 20.5 Å². The molecule has 1 amide bonds. The lowest BCUT2D eigenvalue weighted by Gasteiger charge is -2.22. The highest BCUT2D eigenvalue weighted by molar-refractivity contribution is 6.67. The molecule has 6 nitrogen and oxygen atoms in total. The number of halogens is 2. The highest BCUT2D eigenvalue weighted by atomic mass is 35.5. The average Bonchev–Trinajstić information content (AvgIpc) is 2.70. The van der Waals surface area contributed by atoms with Gasteiger partial charge in [-0.25, -0.2) is 4.39 Å². The van der Waals surface area contributed by atoms with Crippen LogP contribution in [0.15, 0.2) is 47.6 Å². The van der Waals surface area contributed by atoms with Gasteiger partial charge in [0, 0.05) is 19.2 Å². The number of ether oxygens (including phenoxy) is 1. The molecule has 2 aromatic carbocycles. The van der Waals surface area contributed by atoms with Crippen LogP contribution in [0.4, 0.5) is 10.1 Å². The van der Waals surface area contributed by atoms with Crippen LogP contribution in [-0.4, -0.2) is 42.6 Å². The number of amides is 1. The van der Waals surface area contributed by atoms with Gasteiger partial charge in [0.15, 0.2) is 5.84 Å². The Bertz CT molecular complexity index is 890. The molecule has 0 radical (unpaired) electrons. The van der Waals surface area contributed by atoms with Gasteiger partial charge in [-0.1, -0.05) is 30.3 Å². The predicted octanol–water partition coefficient (Wildman–Crippen LogP) is 3.96. The molecule has 0 aliphatic carbocycles. The quantitative estimate of drug-likeness (QED) is 0.203. The summed E-state index contributed by atoms with van der Waals surface area (Å²) < 4.78 is 20.2. The Balaban J connectivity index is 2.24. The summed E-state index contributed by atoms with van der Waals surface area (Å²) in [6.45, 7) is 4.24. The third-order valence-electron chi connectivity index (χ3n) is 4.26. The Labute approximate surface area is 174 Å². The minimum atomic E-state index is -0.729. The van der Waals surface area contributed by atoms with Gasteiger partial charge in [-0.3, -0.25) is 19.5 Å². The molecule has 0 aromatic heterocycles. The molecule has 2 rings (SSSR count). The van der Waals surface area contributed by atoms with Gasteiger partial charge in [-0.05, 0) is 48.7 Å². The van der Waals surface area contributed by atoms with Crippen molar-refractivity contribution in [3.8, 4) is 0 Å². The number of anilines is 1. The van der Waals surface area contributed by atoms with Crippen LogP contribution in [-0.2, 0) is 16.1 Å². The summed E-state index contributed by atoms with van der Waals surface area (Å²) in [6.07, 6.45) is 0.648. The second kappa shape index (κ2) is 10.7. The van der Waals surface area contributed by atoms with Crippen LogP contribution < -0.4 is 5.01 Å². The molecule has 0 N–H and O–H groups in total. The lowest BCUT2D eigenvalue weighted by molar-refractivity contribution is -0.114. The van der Waals surface area contributed by atoms with E-state index in [0.717, 1.165) is 11.6 Å². The van der Waals surface area contributed by atoms with Crippen molar-refractivity contribution in [3.05, 3.63) is 65.0 Å². The molecule has 0 atom stereocenters. The number of rotatable bonds is 9. The highest BCUT2D eigenvalue weighted by Crippen LogP contribution is 2.24. The number of likely N-dealkylation sites (N-methyl/N-ethyl adjacent to an activating group) is 1. The van der Waals surface area contributed by atoms with Crippen molar-refractivity contribution < 1.29 is 18.7 Å². The number of hydrogen-bond donors (Lipinski definition) is 0. The van der Waals surface area contributed by atoms with Crippen molar-refractivity contribution in [1.82, 2.24) is 4.90 Å². The molecule has 0 unspecified atom stereocenters. The topological polar surface area (TPSA) is 62.2 Å². The zero-order valence-electron chi connectivity index (χ0n) is 16.6. The molecule has 0 spiro atoms. The van der Waals surface area contributed by atoms with E-state index >= 15 is 0 Å². The lowest BCUT2D eigenvalue weighted by atomic mass is 10.1. The van der Waals surface area contributed by atoms with Gasteiger partial charge >= 0.3 is 0 Å². The normalized spacial score (nSPS) is 11.3. The summed E-state index contributed by atoms with van der Waals surface area (Å²) in [5.41, 5.74) is 1.75. The fourth-order valence-corrected chi connectivity index (χ4v) is 2.88. The molecule has 0 aliphatic rings. The summed E-state index contributed by atoms with van der Waals surface area (Å²) in [4.78, 5) is 24.2. The number of hydrazone groups is 1. The molecular formula is C21H23ClFN3O3. The van der Waals surface area contributed by atoms with E-state index in [1.807, 2.05) is 30.3 Å². The lowest BCUT2D eigenvalue weighted by Crippen LogP contribution is -2.35. The van der Waals surface area contributed by atoms with Crippen molar-refractivity contribution in [2.75, 3.05) is 25.2 Å². The third kappa shape index (κ3) is 6.10. The minimum absolute atomic E-state index is 0.0602. The van der Waals surface area contributed by atoms with Gasteiger partial charge in [0.1, 0.15) is 12.4 Å². The van der Waals surface area contributed by atoms with Gasteiger partial charge in [-0.2, -0.15) is 5.10 Å². The maximum absolute atomic E-state index is 14.5. The van der Waals surface area contributed by atoms with E-state index in [1.54, 1.807) is 20.9 Å². The molecule has 0 saturated carbocycles. The number of nitrogens with zero attached hydrogens (tertiary/aromatic N) is 3. The Kier molecular flexibility index (Phi) is 8.30. The van der Waals surface area contributed by atoms with E-state index in [-0.39, 0.29) is 17.9 Å². The van der Waals surface area contributed by atoms with Gasteiger partial charge in [0.25, 0.3) is 5.24 Å². The van der Waals surface area contributed by atoms with E-state index in [9.17, 15) is 14.0 Å². The van der Waals surface area contributed by atoms with Crippen LogP contribution in [0, 0.1) is 12.7 Å². The summed E-state index contributed by atoms with van der Waals surface area (Å²) in [5.74, 6) is -0.319. The zero-order chi connectivity index (χ0) is 21.4. The maximum Gasteiger partial charge on any atom is 0.252 e. The Hall–Kier alpha value is -2.77. The third-order valence-corrected chi connectivity index (χ3v) is 4.47. The predicted molar refractivity (Wildman–Crippen MR) is 112 cm³/mol. The maximum atomic E-state index is 14.5. The first-order chi connectivity index (χ1) is 13.9. The molecule has 0 aliphatic heterocycles. The average molecular weight is 420 g/mol. The highest BCUT2D eigenvalue weighted by Gasteiger charge is 2.16. The summed E-state index contributed by atoms with van der Waals surface area (Å²) >= 11 is 5.47. The van der Waals surface area contributed by atoms with E-state index in [2.05, 4.69) is 5.10 Å². The van der Waals surface area contributed by atoms with Crippen LogP contribution in [0.5, 0.6) is 0 Å². The minimum Gasteiger partial charge on any atom is -0.369 e. The Morgan fingerprint density at radius 2 is 1.97 bits per heavy atom. The van der Waals surface area contributed by atoms with Crippen molar-refractivity contribution in [3.63, 3.8) is 0 Å². The van der Waals surface area contributed by atoms with E-state index in [1.165, 1.54) is 16.0 Å². The zero-order valence-corrected chi connectivity index (χ0v) is 17.3. The van der Waals surface area contributed by atoms with Crippen LogP contribution in [0.3, 0.4) is 0 Å². The van der Waals surface area contributed by atoms with E-state index in [0.29, 0.717) is 31.0 Å². The molecule has 0 bridgehead atoms. The molecule has 2 aromatic rings. The summed E-state index contributed by atoms with van der Waals surface area (Å²) in [5, 5.41) is 4.93. The second-order valence-electron chi connectivity index (χ2n) is 6.30. The Morgan fingerprint density at radius 1 is 1.28 bits per heavy atom. The van der Waals surface area contributed by atoms with Crippen LogP contribution in [0.1, 0.15) is 28.4 Å². The van der Waals surface area contributed by atoms with Crippen LogP contribution >= 0.6 is 11.6 Å². The van der Waals surface area contributed by atoms with E-state index < -0.39 is 11.1 Å². The van der Waals surface area contributed by atoms with Crippen LogP contribution in [0.25, 0.3) is 0 Å². The summed E-state index contributed by atoms with van der Waals surface area (Å²) in [7, 11) is 1.55. The first kappa shape index (κ1) is 22.5. The standard InChI is InChI=1S/C21H23ClFN3O3/c1-4-26(14-27)20(13-29-12-16-8-6-5-7-9-16)24-25(3)19-10-15(2)17(21(22)28)11-18(19)23/h5-11,14H,4,12-13H2,1-3H3/b24-20-. The molecule has 154 valence electrons. The van der Waals surface area contributed by atoms with E-state index in [4.69, 9.17) is 16.3 Å². The molecule has 0 heterocycles. The largest absolute Gasteiger partial charge is 0.369 e. The van der Waals surface area contributed by atoms with Crippen molar-refractivity contribution >= 4 is 34.8 Å². The Morgan fingerprint density at radius 3 is 2.55 bits per heavy atom. The first-order valence-corrected chi connectivity index (χ1v) is 9.40. The van der Waals surface area contributed by atoms with Gasteiger partial charge in [0.2, 0.25) is 6.41 Å². The number of hydrogen-bond acceptors (Lipinski definition) is 5. The smallest absolute Gasteiger partial charge is 0.252 e. The van der Waals surface area contributed by atoms with Crippen molar-refractivity contribution in [2.24, 2.45) is 5.10 Å². The SMILES string of the molecule is CCN(C=O)/C(COCc1ccccc1)=N\N(C)c1cc(C)c(C(=O)Cl)cc1F. The van der Waals surface area contributed by atoms with Crippen LogP contribution in [0.2, 0.25) is 0 Å². The number of benzene rings is 2. The van der Waals surface area contributed by atoms with Crippen molar-refractivity contribution in [1.29, 1.82) is 0 Å². The molecule has 29 heavy (non-hydrogen) atoms. The number of carbonyl (C=O) groups excluding carboxylic acids is 2. The first-order valence-electron chi connectivity index (χ1n) is 9.02. The second-order valence-corrected chi connectivity index (χ2v) is 6.65. The van der Waals surface area contributed by atoms with Gasteiger partial charge < -0.3 is 4.74 Å². The summed E-state index contributed by atoms with van der Waals surface area (Å²) in [6, 6.07) is 12.1. The van der Waals surface area contributed by atoms with Gasteiger partial charge in [-0.15, -0.1) is 0 Å². The number of amidine groups is 1. The van der Waals surface area contributed by atoms with Gasteiger partial charge in [0.05, 0.1) is 12.3 Å². The molecular weight excluding hydrogens is 397 g/mol. The monoisotopic (exact) mass is 419 g/mol. The fraction of sp³-hybridized carbons (Fsp3) is 0.286. The fourth-order valence-electron chi connectivity index (χ4n) is 2.67. The number of aryl methyl sites for hydroxylation is 1. The number of carbonyl (C=O) groups is 2. The molecule has 0 fully saturated rings. The molecule has 0 saturated heterocycles. The molecule has 8 heteroatoms.